The molecule has 2 rings (SSSR count). The molecule has 0 aliphatic rings. The predicted molar refractivity (Wildman–Crippen MR) is 139 cm³/mol. The van der Waals surface area contributed by atoms with Crippen molar-refractivity contribution < 1.29 is 9.90 Å². The van der Waals surface area contributed by atoms with Crippen LogP contribution in [-0.4, -0.2) is 41.3 Å². The van der Waals surface area contributed by atoms with E-state index in [4.69, 9.17) is 5.41 Å². The van der Waals surface area contributed by atoms with Gasteiger partial charge in [-0.05, 0) is 87.5 Å². The maximum Gasteiger partial charge on any atom is 0.269 e. The number of nitrogens with zero attached hydrogens (tertiary/aromatic N) is 1. The van der Waals surface area contributed by atoms with Gasteiger partial charge in [0.2, 0.25) is 0 Å². The van der Waals surface area contributed by atoms with Crippen LogP contribution in [0.15, 0.2) is 36.4 Å². The van der Waals surface area contributed by atoms with Crippen LogP contribution in [0.25, 0.3) is 11.3 Å². The van der Waals surface area contributed by atoms with Crippen LogP contribution in [0, 0.1) is 26.2 Å². The molecular formula is C28H39N3O2. The number of nitrogens with one attached hydrogen (secondary N) is 2. The highest BCUT2D eigenvalue weighted by Crippen LogP contribution is 2.29. The maximum absolute atomic E-state index is 12.6. The van der Waals surface area contributed by atoms with Crippen molar-refractivity contribution in [3.63, 3.8) is 0 Å². The number of aliphatic hydroxyl groups is 1. The van der Waals surface area contributed by atoms with Crippen LogP contribution in [-0.2, 0) is 11.3 Å². The van der Waals surface area contributed by atoms with E-state index in [2.05, 4.69) is 24.1 Å². The van der Waals surface area contributed by atoms with Crippen molar-refractivity contribution in [3.05, 3.63) is 69.8 Å². The number of aliphatic hydroxyl groups excluding tert-OH is 1. The van der Waals surface area contributed by atoms with Gasteiger partial charge >= 0.3 is 0 Å². The Morgan fingerprint density at radius 2 is 1.52 bits per heavy atom. The van der Waals surface area contributed by atoms with Gasteiger partial charge in [0.1, 0.15) is 11.5 Å². The van der Waals surface area contributed by atoms with Gasteiger partial charge in [0, 0.05) is 18.7 Å². The smallest absolute Gasteiger partial charge is 0.269 e. The number of benzene rings is 2. The highest BCUT2D eigenvalue weighted by molar-refractivity contribution is 6.56. The molecule has 2 aromatic carbocycles. The second-order valence-electron chi connectivity index (χ2n) is 8.68. The highest BCUT2D eigenvalue weighted by Gasteiger charge is 2.22. The summed E-state index contributed by atoms with van der Waals surface area (Å²) in [5.41, 5.74) is 5.57. The zero-order valence-electron chi connectivity index (χ0n) is 21.0. The molecule has 0 aromatic heterocycles. The molecule has 3 N–H and O–H groups in total. The number of hydrogen-bond acceptors (Lipinski definition) is 4. The van der Waals surface area contributed by atoms with Gasteiger partial charge in [0.15, 0.2) is 0 Å². The minimum absolute atomic E-state index is 0.0433. The van der Waals surface area contributed by atoms with Crippen LogP contribution in [0.5, 0.6) is 0 Å². The summed E-state index contributed by atoms with van der Waals surface area (Å²) in [6.07, 6.45) is 2.22. The minimum atomic E-state index is -0.498. The highest BCUT2D eigenvalue weighted by atomic mass is 16.3. The van der Waals surface area contributed by atoms with Crippen LogP contribution < -0.4 is 5.32 Å². The first-order valence-corrected chi connectivity index (χ1v) is 11.9. The van der Waals surface area contributed by atoms with Crippen molar-refractivity contribution in [1.82, 2.24) is 10.2 Å². The second kappa shape index (κ2) is 12.4. The van der Waals surface area contributed by atoms with Gasteiger partial charge in [-0.1, -0.05) is 44.2 Å². The summed E-state index contributed by atoms with van der Waals surface area (Å²) >= 11 is 0. The monoisotopic (exact) mass is 449 g/mol. The first-order valence-electron chi connectivity index (χ1n) is 11.9. The fraction of sp³-hybridized carbons (Fsp3) is 0.429. The fourth-order valence-corrected chi connectivity index (χ4v) is 4.05. The maximum atomic E-state index is 12.6. The predicted octanol–water partition coefficient (Wildman–Crippen LogP) is 5.82. The second-order valence-corrected chi connectivity index (χ2v) is 8.68. The Hall–Kier alpha value is -2.92. The zero-order valence-corrected chi connectivity index (χ0v) is 21.0. The summed E-state index contributed by atoms with van der Waals surface area (Å²) in [6.45, 7) is 15.5. The van der Waals surface area contributed by atoms with Crippen LogP contribution >= 0.6 is 0 Å². The normalized spacial score (nSPS) is 12.0. The molecule has 1 amide bonds. The third kappa shape index (κ3) is 6.78. The van der Waals surface area contributed by atoms with Crippen molar-refractivity contribution >= 4 is 23.0 Å². The van der Waals surface area contributed by atoms with E-state index in [9.17, 15) is 9.90 Å². The Bertz CT molecular complexity index is 1000. The van der Waals surface area contributed by atoms with Crippen LogP contribution in [0.1, 0.15) is 67.0 Å². The van der Waals surface area contributed by atoms with E-state index in [1.807, 2.05) is 64.1 Å². The van der Waals surface area contributed by atoms with E-state index in [0.717, 1.165) is 49.2 Å². The van der Waals surface area contributed by atoms with E-state index in [1.165, 1.54) is 5.56 Å². The molecule has 0 aliphatic heterocycles. The standard InChI is InChI=1S/C28H39N3O2/c1-7-14-31(15-8-2)18-22-10-12-23(13-11-22)25(26(29)28(33)30-9-3)27(32)24-17-20(5)19(4)16-21(24)6/h10-13,16-17,29,32H,7-9,14-15,18H2,1-6H3,(H,30,33)/b27-25-,29-26?. The minimum Gasteiger partial charge on any atom is -0.507 e. The Kier molecular flexibility index (Phi) is 9.86. The first-order chi connectivity index (χ1) is 15.7. The third-order valence-electron chi connectivity index (χ3n) is 5.88. The van der Waals surface area contributed by atoms with Gasteiger partial charge in [0.25, 0.3) is 5.91 Å². The molecule has 33 heavy (non-hydrogen) atoms. The summed E-state index contributed by atoms with van der Waals surface area (Å²) in [6, 6.07) is 11.8. The molecule has 178 valence electrons. The molecule has 5 nitrogen and oxygen atoms in total. The molecule has 0 fully saturated rings. The van der Waals surface area contributed by atoms with Gasteiger partial charge in [-0.15, -0.1) is 0 Å². The van der Waals surface area contributed by atoms with Gasteiger partial charge in [-0.3, -0.25) is 15.1 Å². The van der Waals surface area contributed by atoms with Gasteiger partial charge < -0.3 is 10.4 Å². The van der Waals surface area contributed by atoms with Crippen LogP contribution in [0.2, 0.25) is 0 Å². The molecule has 0 spiro atoms. The van der Waals surface area contributed by atoms with E-state index >= 15 is 0 Å². The Morgan fingerprint density at radius 1 is 0.939 bits per heavy atom. The number of rotatable bonds is 11. The van der Waals surface area contributed by atoms with Gasteiger partial charge in [0.05, 0.1) is 5.57 Å². The van der Waals surface area contributed by atoms with E-state index < -0.39 is 5.91 Å². The SMILES string of the molecule is CCCN(CCC)Cc1ccc(/C(C(=N)C(=O)NCC)=C(/O)c2cc(C)c(C)cc2C)cc1. The zero-order chi connectivity index (χ0) is 24.5. The lowest BCUT2D eigenvalue weighted by atomic mass is 9.92. The summed E-state index contributed by atoms with van der Waals surface area (Å²) in [5, 5.41) is 22.6. The molecule has 0 bridgehead atoms. The molecule has 2 aromatic rings. The number of amides is 1. The topological polar surface area (TPSA) is 76.4 Å². The molecule has 0 unspecified atom stereocenters. The lowest BCUT2D eigenvalue weighted by Crippen LogP contribution is -2.31. The Labute approximate surface area is 199 Å². The molecule has 0 saturated heterocycles. The summed E-state index contributed by atoms with van der Waals surface area (Å²) in [5.74, 6) is -0.542. The number of hydrogen-bond donors (Lipinski definition) is 3. The van der Waals surface area contributed by atoms with Crippen LogP contribution in [0.4, 0.5) is 0 Å². The van der Waals surface area contributed by atoms with Crippen molar-refractivity contribution in [2.75, 3.05) is 19.6 Å². The van der Waals surface area contributed by atoms with E-state index in [1.54, 1.807) is 0 Å². The summed E-state index contributed by atoms with van der Waals surface area (Å²) in [4.78, 5) is 15.0. The molecular weight excluding hydrogens is 410 g/mol. The average molecular weight is 450 g/mol. The first kappa shape index (κ1) is 26.3. The summed E-state index contributed by atoms with van der Waals surface area (Å²) < 4.78 is 0. The van der Waals surface area contributed by atoms with Crippen molar-refractivity contribution in [1.29, 1.82) is 5.41 Å². The van der Waals surface area contributed by atoms with Crippen molar-refractivity contribution in [3.8, 4) is 0 Å². The number of carbonyl (C=O) groups is 1. The van der Waals surface area contributed by atoms with Crippen molar-refractivity contribution in [2.24, 2.45) is 0 Å². The molecule has 0 heterocycles. The lowest BCUT2D eigenvalue weighted by Gasteiger charge is -2.21. The van der Waals surface area contributed by atoms with Crippen molar-refractivity contribution in [2.45, 2.75) is 60.9 Å². The molecule has 5 heteroatoms. The molecule has 0 atom stereocenters. The number of carbonyl (C=O) groups excluding carboxylic acids is 1. The summed E-state index contributed by atoms with van der Waals surface area (Å²) in [7, 11) is 0. The quantitative estimate of drug-likeness (QED) is 0.230. The third-order valence-corrected chi connectivity index (χ3v) is 5.88. The largest absolute Gasteiger partial charge is 0.507 e. The molecule has 0 radical (unpaired) electrons. The molecule has 0 aliphatic carbocycles. The number of aryl methyl sites for hydroxylation is 3. The Morgan fingerprint density at radius 3 is 2.06 bits per heavy atom. The molecule has 0 saturated carbocycles. The lowest BCUT2D eigenvalue weighted by molar-refractivity contribution is -0.114. The van der Waals surface area contributed by atoms with Gasteiger partial charge in [-0.25, -0.2) is 0 Å². The van der Waals surface area contributed by atoms with E-state index in [-0.39, 0.29) is 17.0 Å². The Balaban J connectivity index is 2.53. The van der Waals surface area contributed by atoms with Crippen LogP contribution in [0.3, 0.4) is 0 Å². The van der Waals surface area contributed by atoms with E-state index in [0.29, 0.717) is 17.7 Å². The fourth-order valence-electron chi connectivity index (χ4n) is 4.05. The van der Waals surface area contributed by atoms with Gasteiger partial charge in [-0.2, -0.15) is 0 Å². The average Bonchev–Trinajstić information content (AvgIpc) is 2.78.